The standard InChI is InChI=1S/C32H36N4O2/c1-4-5-22-35(30(38)21-18-26-12-8-6-9-13-26)23-29(37)33-32-31(27-14-10-7-11-15-27)25(3)34-36(32)28-19-16-24(2)17-20-28/h6-17,19-20H,4-5,18,21-23H2,1-3H3,(H,33,37). The molecule has 6 nitrogen and oxygen atoms in total. The normalized spacial score (nSPS) is 10.8. The Morgan fingerprint density at radius 2 is 1.55 bits per heavy atom. The summed E-state index contributed by atoms with van der Waals surface area (Å²) >= 11 is 0. The van der Waals surface area contributed by atoms with Gasteiger partial charge in [-0.3, -0.25) is 9.59 Å². The van der Waals surface area contributed by atoms with Crippen molar-refractivity contribution in [3.05, 3.63) is 102 Å². The summed E-state index contributed by atoms with van der Waals surface area (Å²) in [5.74, 6) is 0.360. The molecular weight excluding hydrogens is 472 g/mol. The van der Waals surface area contributed by atoms with Crippen LogP contribution in [0.5, 0.6) is 0 Å². The molecule has 0 atom stereocenters. The van der Waals surface area contributed by atoms with Gasteiger partial charge >= 0.3 is 0 Å². The Bertz CT molecular complexity index is 1350. The predicted octanol–water partition coefficient (Wildman–Crippen LogP) is 6.36. The first kappa shape index (κ1) is 26.9. The van der Waals surface area contributed by atoms with Crippen LogP contribution in [-0.2, 0) is 16.0 Å². The second-order valence-corrected chi connectivity index (χ2v) is 9.63. The van der Waals surface area contributed by atoms with E-state index in [0.717, 1.165) is 46.5 Å². The number of unbranched alkanes of at least 4 members (excludes halogenated alkanes) is 1. The Kier molecular flexibility index (Phi) is 9.09. The number of rotatable bonds is 11. The number of amides is 2. The highest BCUT2D eigenvalue weighted by atomic mass is 16.2. The van der Waals surface area contributed by atoms with Crippen LogP contribution >= 0.6 is 0 Å². The summed E-state index contributed by atoms with van der Waals surface area (Å²) in [6, 6.07) is 28.0. The molecule has 4 aromatic rings. The quantitative estimate of drug-likeness (QED) is 0.256. The molecule has 196 valence electrons. The third kappa shape index (κ3) is 6.76. The van der Waals surface area contributed by atoms with Crippen molar-refractivity contribution in [1.82, 2.24) is 14.7 Å². The van der Waals surface area contributed by atoms with Gasteiger partial charge in [-0.2, -0.15) is 5.10 Å². The molecule has 4 rings (SSSR count). The van der Waals surface area contributed by atoms with Crippen molar-refractivity contribution >= 4 is 17.6 Å². The van der Waals surface area contributed by atoms with E-state index in [4.69, 9.17) is 5.10 Å². The molecule has 6 heteroatoms. The molecule has 38 heavy (non-hydrogen) atoms. The van der Waals surface area contributed by atoms with E-state index in [0.29, 0.717) is 25.2 Å². The van der Waals surface area contributed by atoms with Crippen LogP contribution in [0.2, 0.25) is 0 Å². The van der Waals surface area contributed by atoms with Crippen molar-refractivity contribution in [1.29, 1.82) is 0 Å². The van der Waals surface area contributed by atoms with E-state index in [1.54, 1.807) is 9.58 Å². The van der Waals surface area contributed by atoms with Crippen molar-refractivity contribution < 1.29 is 9.59 Å². The minimum absolute atomic E-state index is 0.0000217. The van der Waals surface area contributed by atoms with E-state index < -0.39 is 0 Å². The van der Waals surface area contributed by atoms with E-state index in [1.165, 1.54) is 0 Å². The molecule has 0 saturated heterocycles. The van der Waals surface area contributed by atoms with Gasteiger partial charge in [-0.15, -0.1) is 0 Å². The van der Waals surface area contributed by atoms with E-state index in [2.05, 4.69) is 12.2 Å². The van der Waals surface area contributed by atoms with Crippen molar-refractivity contribution in [2.75, 3.05) is 18.4 Å². The Balaban J connectivity index is 1.58. The monoisotopic (exact) mass is 508 g/mol. The van der Waals surface area contributed by atoms with Crippen LogP contribution < -0.4 is 5.32 Å². The lowest BCUT2D eigenvalue weighted by Gasteiger charge is -2.22. The number of hydrogen-bond acceptors (Lipinski definition) is 3. The van der Waals surface area contributed by atoms with Crippen LogP contribution in [-0.4, -0.2) is 39.6 Å². The second kappa shape index (κ2) is 12.9. The fourth-order valence-electron chi connectivity index (χ4n) is 4.51. The number of anilines is 1. The molecule has 0 aliphatic heterocycles. The molecule has 0 bridgehead atoms. The highest BCUT2D eigenvalue weighted by Crippen LogP contribution is 2.33. The van der Waals surface area contributed by atoms with Gasteiger partial charge in [0, 0.05) is 18.5 Å². The average molecular weight is 509 g/mol. The topological polar surface area (TPSA) is 67.2 Å². The summed E-state index contributed by atoms with van der Waals surface area (Å²) in [5.41, 5.74) is 5.78. The van der Waals surface area contributed by atoms with Crippen LogP contribution in [0.1, 0.15) is 43.0 Å². The maximum atomic E-state index is 13.4. The number of nitrogens with one attached hydrogen (secondary N) is 1. The van der Waals surface area contributed by atoms with Crippen LogP contribution in [0.25, 0.3) is 16.8 Å². The summed E-state index contributed by atoms with van der Waals surface area (Å²) < 4.78 is 1.78. The number of nitrogens with zero attached hydrogens (tertiary/aromatic N) is 3. The van der Waals surface area contributed by atoms with E-state index in [9.17, 15) is 9.59 Å². The third-order valence-electron chi connectivity index (χ3n) is 6.60. The van der Waals surface area contributed by atoms with Gasteiger partial charge in [0.25, 0.3) is 0 Å². The van der Waals surface area contributed by atoms with E-state index in [1.807, 2.05) is 98.8 Å². The summed E-state index contributed by atoms with van der Waals surface area (Å²) in [5, 5.41) is 7.90. The first-order chi connectivity index (χ1) is 18.5. The molecule has 1 aromatic heterocycles. The Morgan fingerprint density at radius 3 is 2.21 bits per heavy atom. The summed E-state index contributed by atoms with van der Waals surface area (Å²) in [6.45, 7) is 6.63. The van der Waals surface area contributed by atoms with Crippen LogP contribution in [0.15, 0.2) is 84.9 Å². The fraction of sp³-hybridized carbons (Fsp3) is 0.281. The van der Waals surface area contributed by atoms with Gasteiger partial charge in [0.1, 0.15) is 5.82 Å². The highest BCUT2D eigenvalue weighted by molar-refractivity contribution is 5.98. The number of benzene rings is 3. The molecule has 3 aromatic carbocycles. The first-order valence-electron chi connectivity index (χ1n) is 13.3. The highest BCUT2D eigenvalue weighted by Gasteiger charge is 2.22. The summed E-state index contributed by atoms with van der Waals surface area (Å²) in [6.07, 6.45) is 2.82. The number of aryl methyl sites for hydroxylation is 3. The number of carbonyl (C=O) groups excluding carboxylic acids is 2. The summed E-state index contributed by atoms with van der Waals surface area (Å²) in [7, 11) is 0. The Labute approximate surface area is 225 Å². The maximum absolute atomic E-state index is 13.4. The zero-order valence-electron chi connectivity index (χ0n) is 22.5. The van der Waals surface area contributed by atoms with E-state index in [-0.39, 0.29) is 18.4 Å². The molecule has 1 heterocycles. The fourth-order valence-corrected chi connectivity index (χ4v) is 4.51. The second-order valence-electron chi connectivity index (χ2n) is 9.63. The number of carbonyl (C=O) groups is 2. The van der Waals surface area contributed by atoms with Gasteiger partial charge in [0.15, 0.2) is 0 Å². The molecular formula is C32H36N4O2. The molecule has 0 aliphatic carbocycles. The lowest BCUT2D eigenvalue weighted by Crippen LogP contribution is -2.39. The van der Waals surface area contributed by atoms with Crippen molar-refractivity contribution in [2.24, 2.45) is 0 Å². The predicted molar refractivity (Wildman–Crippen MR) is 153 cm³/mol. The molecule has 0 aliphatic rings. The van der Waals surface area contributed by atoms with Gasteiger partial charge < -0.3 is 10.2 Å². The smallest absolute Gasteiger partial charge is 0.245 e. The molecule has 0 fully saturated rings. The molecule has 0 unspecified atom stereocenters. The van der Waals surface area contributed by atoms with Gasteiger partial charge in [0.05, 0.1) is 17.9 Å². The van der Waals surface area contributed by atoms with E-state index >= 15 is 0 Å². The molecule has 0 saturated carbocycles. The SMILES string of the molecule is CCCCN(CC(=O)Nc1c(-c2ccccc2)c(C)nn1-c1ccc(C)cc1)C(=O)CCc1ccccc1. The Morgan fingerprint density at radius 1 is 0.895 bits per heavy atom. The first-order valence-corrected chi connectivity index (χ1v) is 13.3. The van der Waals surface area contributed by atoms with Crippen molar-refractivity contribution in [3.8, 4) is 16.8 Å². The van der Waals surface area contributed by atoms with Gasteiger partial charge in [-0.1, -0.05) is 91.7 Å². The number of aromatic nitrogens is 2. The lowest BCUT2D eigenvalue weighted by molar-refractivity contribution is -0.134. The molecule has 2 amide bonds. The van der Waals surface area contributed by atoms with Crippen molar-refractivity contribution in [2.45, 2.75) is 46.5 Å². The zero-order valence-corrected chi connectivity index (χ0v) is 22.5. The van der Waals surface area contributed by atoms with Gasteiger partial charge in [0.2, 0.25) is 11.8 Å². The number of hydrogen-bond donors (Lipinski definition) is 1. The average Bonchev–Trinajstić information content (AvgIpc) is 3.26. The maximum Gasteiger partial charge on any atom is 0.245 e. The minimum Gasteiger partial charge on any atom is -0.333 e. The minimum atomic E-state index is -0.236. The van der Waals surface area contributed by atoms with Crippen LogP contribution in [0, 0.1) is 13.8 Å². The molecule has 1 N–H and O–H groups in total. The summed E-state index contributed by atoms with van der Waals surface area (Å²) in [4.78, 5) is 28.3. The van der Waals surface area contributed by atoms with Crippen LogP contribution in [0.3, 0.4) is 0 Å². The molecule has 0 spiro atoms. The van der Waals surface area contributed by atoms with Crippen LogP contribution in [0.4, 0.5) is 5.82 Å². The molecule has 0 radical (unpaired) electrons. The van der Waals surface area contributed by atoms with Crippen molar-refractivity contribution in [3.63, 3.8) is 0 Å². The van der Waals surface area contributed by atoms with Gasteiger partial charge in [-0.05, 0) is 49.9 Å². The van der Waals surface area contributed by atoms with Gasteiger partial charge in [-0.25, -0.2) is 4.68 Å². The largest absolute Gasteiger partial charge is 0.333 e. The zero-order chi connectivity index (χ0) is 26.9. The Hall–Kier alpha value is -4.19. The lowest BCUT2D eigenvalue weighted by atomic mass is 10.1. The third-order valence-corrected chi connectivity index (χ3v) is 6.60.